The van der Waals surface area contributed by atoms with Crippen LogP contribution in [0.4, 0.5) is 5.69 Å². The number of nitrogens with one attached hydrogen (secondary N) is 1. The van der Waals surface area contributed by atoms with Gasteiger partial charge in [-0.15, -0.1) is 0 Å². The highest BCUT2D eigenvalue weighted by molar-refractivity contribution is 5.98. The van der Waals surface area contributed by atoms with Crippen molar-refractivity contribution in [3.8, 4) is 11.5 Å². The molecule has 0 atom stereocenters. The fraction of sp³-hybridized carbons (Fsp3) is 0.143. The van der Waals surface area contributed by atoms with Crippen LogP contribution in [0.2, 0.25) is 0 Å². The molecule has 108 valence electrons. The third kappa shape index (κ3) is 2.97. The zero-order valence-electron chi connectivity index (χ0n) is 11.6. The van der Waals surface area contributed by atoms with Gasteiger partial charge in [-0.3, -0.25) is 20.5 Å². The molecule has 1 aromatic carbocycles. The molecule has 0 amide bonds. The lowest BCUT2D eigenvalue weighted by Crippen LogP contribution is -2.15. The normalized spacial score (nSPS) is 10.2. The molecule has 0 aliphatic heterocycles. The van der Waals surface area contributed by atoms with Gasteiger partial charge in [0.15, 0.2) is 0 Å². The smallest absolute Gasteiger partial charge is 0.311 e. The van der Waals surface area contributed by atoms with Crippen LogP contribution in [0.1, 0.15) is 17.0 Å². The first kappa shape index (κ1) is 14.4. The Kier molecular flexibility index (Phi) is 3.84. The second kappa shape index (κ2) is 5.58. The highest BCUT2D eigenvalue weighted by Crippen LogP contribution is 2.33. The lowest BCUT2D eigenvalue weighted by atomic mass is 10.1. The van der Waals surface area contributed by atoms with Crippen molar-refractivity contribution in [2.75, 3.05) is 0 Å². The Bertz CT molecular complexity index is 728. The Morgan fingerprint density at radius 3 is 2.62 bits per heavy atom. The molecule has 0 saturated heterocycles. The molecular formula is C14H14N4O3. The number of pyridine rings is 1. The summed E-state index contributed by atoms with van der Waals surface area (Å²) in [6, 6.07) is 7.63. The maximum absolute atomic E-state index is 11.0. The summed E-state index contributed by atoms with van der Waals surface area (Å²) in [6.45, 7) is 3.47. The van der Waals surface area contributed by atoms with E-state index in [0.717, 1.165) is 0 Å². The Labute approximate surface area is 121 Å². The predicted octanol–water partition coefficient (Wildman–Crippen LogP) is 2.68. The van der Waals surface area contributed by atoms with E-state index in [1.54, 1.807) is 32.0 Å². The van der Waals surface area contributed by atoms with Crippen LogP contribution in [-0.2, 0) is 0 Å². The van der Waals surface area contributed by atoms with Crippen molar-refractivity contribution in [3.63, 3.8) is 0 Å². The summed E-state index contributed by atoms with van der Waals surface area (Å²) < 4.78 is 5.62. The van der Waals surface area contributed by atoms with Crippen molar-refractivity contribution in [2.24, 2.45) is 5.73 Å². The van der Waals surface area contributed by atoms with Crippen LogP contribution in [0.3, 0.4) is 0 Å². The summed E-state index contributed by atoms with van der Waals surface area (Å²) in [4.78, 5) is 14.7. The fourth-order valence-corrected chi connectivity index (χ4v) is 2.01. The number of aryl methyl sites for hydroxylation is 2. The summed E-state index contributed by atoms with van der Waals surface area (Å²) in [5.74, 6) is 0.172. The van der Waals surface area contributed by atoms with E-state index < -0.39 is 4.92 Å². The van der Waals surface area contributed by atoms with Gasteiger partial charge in [-0.1, -0.05) is 12.1 Å². The number of ether oxygens (including phenoxy) is 1. The molecule has 2 rings (SSSR count). The zero-order chi connectivity index (χ0) is 15.6. The molecule has 0 radical (unpaired) electrons. The Morgan fingerprint density at radius 1 is 1.33 bits per heavy atom. The van der Waals surface area contributed by atoms with Crippen LogP contribution in [-0.4, -0.2) is 15.7 Å². The van der Waals surface area contributed by atoms with E-state index in [9.17, 15) is 10.1 Å². The maximum atomic E-state index is 11.0. The number of nitrogens with two attached hydrogens (primary N) is 1. The number of benzene rings is 1. The highest BCUT2D eigenvalue weighted by Gasteiger charge is 2.18. The number of amidine groups is 1. The van der Waals surface area contributed by atoms with E-state index in [1.807, 2.05) is 0 Å². The van der Waals surface area contributed by atoms with Gasteiger partial charge in [-0.2, -0.15) is 0 Å². The molecule has 0 saturated carbocycles. The number of hydrogen-bond donors (Lipinski definition) is 2. The van der Waals surface area contributed by atoms with Gasteiger partial charge >= 0.3 is 5.69 Å². The van der Waals surface area contributed by atoms with Crippen molar-refractivity contribution >= 4 is 11.5 Å². The summed E-state index contributed by atoms with van der Waals surface area (Å²) >= 11 is 0. The van der Waals surface area contributed by atoms with Crippen molar-refractivity contribution in [1.82, 2.24) is 4.98 Å². The number of nitrogen functional groups attached to an aromatic ring is 1. The standard InChI is InChI=1S/C14H14N4O3/c1-8-7-12(13(14(15)16)9(2)17-8)21-11-6-4-3-5-10(11)18(19)20/h3-7H,1-2H3,(H3,15,16). The van der Waals surface area contributed by atoms with E-state index in [0.29, 0.717) is 17.0 Å². The van der Waals surface area contributed by atoms with Crippen molar-refractivity contribution in [1.29, 1.82) is 5.41 Å². The van der Waals surface area contributed by atoms with Crippen LogP contribution in [0.15, 0.2) is 30.3 Å². The quantitative estimate of drug-likeness (QED) is 0.388. The van der Waals surface area contributed by atoms with Gasteiger partial charge in [0, 0.05) is 17.8 Å². The van der Waals surface area contributed by atoms with Gasteiger partial charge < -0.3 is 10.5 Å². The van der Waals surface area contributed by atoms with E-state index in [-0.39, 0.29) is 23.0 Å². The average molecular weight is 286 g/mol. The summed E-state index contributed by atoms with van der Waals surface area (Å²) in [7, 11) is 0. The second-order valence-corrected chi connectivity index (χ2v) is 4.46. The molecule has 0 unspecified atom stereocenters. The molecule has 7 nitrogen and oxygen atoms in total. The van der Waals surface area contributed by atoms with Gasteiger partial charge in [0.2, 0.25) is 5.75 Å². The second-order valence-electron chi connectivity index (χ2n) is 4.46. The molecule has 7 heteroatoms. The largest absolute Gasteiger partial charge is 0.449 e. The topological polar surface area (TPSA) is 115 Å². The number of para-hydroxylation sites is 2. The van der Waals surface area contributed by atoms with Crippen molar-refractivity contribution < 1.29 is 9.66 Å². The Balaban J connectivity index is 2.54. The minimum atomic E-state index is -0.524. The third-order valence-electron chi connectivity index (χ3n) is 2.84. The third-order valence-corrected chi connectivity index (χ3v) is 2.84. The van der Waals surface area contributed by atoms with Crippen molar-refractivity contribution in [2.45, 2.75) is 13.8 Å². The molecule has 1 aromatic heterocycles. The monoisotopic (exact) mass is 286 g/mol. The number of nitrogens with zero attached hydrogens (tertiary/aromatic N) is 2. The molecule has 21 heavy (non-hydrogen) atoms. The van der Waals surface area contributed by atoms with Crippen LogP contribution in [0, 0.1) is 29.4 Å². The summed E-state index contributed by atoms with van der Waals surface area (Å²) in [6.07, 6.45) is 0. The molecule has 2 aromatic rings. The molecular weight excluding hydrogens is 272 g/mol. The summed E-state index contributed by atoms with van der Waals surface area (Å²) in [5.41, 5.74) is 6.94. The lowest BCUT2D eigenvalue weighted by Gasteiger charge is -2.13. The van der Waals surface area contributed by atoms with Crippen molar-refractivity contribution in [3.05, 3.63) is 57.4 Å². The first-order valence-corrected chi connectivity index (χ1v) is 6.14. The minimum Gasteiger partial charge on any atom is -0.449 e. The van der Waals surface area contributed by atoms with Gasteiger partial charge in [0.1, 0.15) is 11.6 Å². The number of aromatic nitrogens is 1. The number of hydrogen-bond acceptors (Lipinski definition) is 5. The van der Waals surface area contributed by atoms with Crippen LogP contribution in [0.5, 0.6) is 11.5 Å². The van der Waals surface area contributed by atoms with E-state index in [2.05, 4.69) is 4.98 Å². The highest BCUT2D eigenvalue weighted by atomic mass is 16.6. The average Bonchev–Trinajstić information content (AvgIpc) is 2.37. The Morgan fingerprint density at radius 2 is 2.00 bits per heavy atom. The number of nitro groups is 1. The zero-order valence-corrected chi connectivity index (χ0v) is 11.6. The fourth-order valence-electron chi connectivity index (χ4n) is 2.01. The molecule has 0 spiro atoms. The molecule has 3 N–H and O–H groups in total. The SMILES string of the molecule is Cc1cc(Oc2ccccc2[N+](=O)[O-])c(C(=N)N)c(C)n1. The van der Waals surface area contributed by atoms with Gasteiger partial charge in [0.05, 0.1) is 16.2 Å². The maximum Gasteiger partial charge on any atom is 0.311 e. The lowest BCUT2D eigenvalue weighted by molar-refractivity contribution is -0.385. The molecule has 1 heterocycles. The Hall–Kier alpha value is -2.96. The molecule has 0 bridgehead atoms. The van der Waals surface area contributed by atoms with Gasteiger partial charge in [-0.05, 0) is 19.9 Å². The molecule has 0 aliphatic carbocycles. The van der Waals surface area contributed by atoms with Crippen LogP contribution < -0.4 is 10.5 Å². The summed E-state index contributed by atoms with van der Waals surface area (Å²) in [5, 5.41) is 18.6. The van der Waals surface area contributed by atoms with E-state index >= 15 is 0 Å². The van der Waals surface area contributed by atoms with Gasteiger partial charge in [-0.25, -0.2) is 0 Å². The minimum absolute atomic E-state index is 0.0926. The first-order valence-electron chi connectivity index (χ1n) is 6.14. The predicted molar refractivity (Wildman–Crippen MR) is 77.9 cm³/mol. The number of rotatable bonds is 4. The number of nitro benzene ring substituents is 1. The van der Waals surface area contributed by atoms with Crippen LogP contribution in [0.25, 0.3) is 0 Å². The van der Waals surface area contributed by atoms with Crippen LogP contribution >= 0.6 is 0 Å². The molecule has 0 aliphatic rings. The van der Waals surface area contributed by atoms with Gasteiger partial charge in [0.25, 0.3) is 0 Å². The van der Waals surface area contributed by atoms with E-state index in [4.69, 9.17) is 15.9 Å². The first-order chi connectivity index (χ1) is 9.90. The molecule has 0 fully saturated rings. The van der Waals surface area contributed by atoms with E-state index in [1.165, 1.54) is 12.1 Å².